The van der Waals surface area contributed by atoms with E-state index in [0.717, 1.165) is 5.69 Å². The minimum atomic E-state index is 0.337. The average molecular weight is 144 g/mol. The molecule has 54 valence electrons. The van der Waals surface area contributed by atoms with E-state index in [0.29, 0.717) is 5.92 Å². The molecule has 0 saturated carbocycles. The smallest absolute Gasteiger partial charge is 0.0737 e. The molecule has 0 fully saturated rings. The summed E-state index contributed by atoms with van der Waals surface area (Å²) in [5.41, 5.74) is 1.01. The molecule has 1 aliphatic carbocycles. The first-order valence-corrected chi connectivity index (χ1v) is 3.59. The van der Waals surface area contributed by atoms with E-state index < -0.39 is 0 Å². The van der Waals surface area contributed by atoms with Gasteiger partial charge in [0.05, 0.1) is 5.69 Å². The summed E-state index contributed by atoms with van der Waals surface area (Å²) >= 11 is 0. The fourth-order valence-corrected chi connectivity index (χ4v) is 1.12. The maximum absolute atomic E-state index is 4.01. The Hall–Kier alpha value is -1.44. The van der Waals surface area contributed by atoms with Gasteiger partial charge < -0.3 is 0 Å². The van der Waals surface area contributed by atoms with E-state index in [1.807, 2.05) is 24.3 Å². The van der Waals surface area contributed by atoms with Crippen LogP contribution in [-0.4, -0.2) is 10.2 Å². The second-order valence-corrected chi connectivity index (χ2v) is 2.44. The van der Waals surface area contributed by atoms with Gasteiger partial charge in [-0.05, 0) is 12.1 Å². The van der Waals surface area contributed by atoms with E-state index in [1.165, 1.54) is 0 Å². The van der Waals surface area contributed by atoms with Crippen LogP contribution in [0.1, 0.15) is 11.6 Å². The molecule has 2 rings (SSSR count). The molecule has 2 heteroatoms. The third-order valence-electron chi connectivity index (χ3n) is 1.68. The SMILES string of the molecule is C1=CC(c2cccnn2)C=C1. The quantitative estimate of drug-likeness (QED) is 0.599. The molecule has 0 unspecified atom stereocenters. The maximum Gasteiger partial charge on any atom is 0.0737 e. The zero-order chi connectivity index (χ0) is 7.52. The normalized spacial score (nSPS) is 16.0. The van der Waals surface area contributed by atoms with Gasteiger partial charge in [0.25, 0.3) is 0 Å². The highest BCUT2D eigenvalue weighted by Crippen LogP contribution is 2.19. The van der Waals surface area contributed by atoms with Crippen LogP contribution in [0.2, 0.25) is 0 Å². The van der Waals surface area contributed by atoms with E-state index in [2.05, 4.69) is 22.3 Å². The van der Waals surface area contributed by atoms with Crippen molar-refractivity contribution in [2.75, 3.05) is 0 Å². The van der Waals surface area contributed by atoms with Crippen LogP contribution in [0, 0.1) is 0 Å². The minimum Gasteiger partial charge on any atom is -0.159 e. The van der Waals surface area contributed by atoms with Gasteiger partial charge in [0.1, 0.15) is 0 Å². The van der Waals surface area contributed by atoms with Crippen molar-refractivity contribution in [3.63, 3.8) is 0 Å². The lowest BCUT2D eigenvalue weighted by Gasteiger charge is -2.00. The van der Waals surface area contributed by atoms with Crippen molar-refractivity contribution in [3.05, 3.63) is 48.3 Å². The van der Waals surface area contributed by atoms with Crippen LogP contribution >= 0.6 is 0 Å². The van der Waals surface area contributed by atoms with Gasteiger partial charge in [0.2, 0.25) is 0 Å². The third kappa shape index (κ3) is 1.19. The number of rotatable bonds is 1. The number of nitrogens with zero attached hydrogens (tertiary/aromatic N) is 2. The molecular formula is C9H8N2. The molecule has 0 saturated heterocycles. The minimum absolute atomic E-state index is 0.337. The van der Waals surface area contributed by atoms with Crippen molar-refractivity contribution in [3.8, 4) is 0 Å². The van der Waals surface area contributed by atoms with Gasteiger partial charge in [0.15, 0.2) is 0 Å². The fourth-order valence-electron chi connectivity index (χ4n) is 1.12. The maximum atomic E-state index is 4.01. The predicted molar refractivity (Wildman–Crippen MR) is 43.1 cm³/mol. The topological polar surface area (TPSA) is 25.8 Å². The standard InChI is InChI=1S/C9H8N2/c1-2-5-8(4-1)9-6-3-7-10-11-9/h1-8H. The summed E-state index contributed by atoms with van der Waals surface area (Å²) in [4.78, 5) is 0. The van der Waals surface area contributed by atoms with Crippen molar-refractivity contribution in [2.45, 2.75) is 5.92 Å². The Bertz CT molecular complexity index is 276. The van der Waals surface area contributed by atoms with Crippen molar-refractivity contribution in [1.29, 1.82) is 0 Å². The second-order valence-electron chi connectivity index (χ2n) is 2.44. The summed E-state index contributed by atoms with van der Waals surface area (Å²) < 4.78 is 0. The first-order chi connectivity index (χ1) is 5.47. The van der Waals surface area contributed by atoms with Gasteiger partial charge in [-0.25, -0.2) is 0 Å². The van der Waals surface area contributed by atoms with Crippen molar-refractivity contribution < 1.29 is 0 Å². The molecule has 0 spiro atoms. The van der Waals surface area contributed by atoms with Gasteiger partial charge in [-0.1, -0.05) is 24.3 Å². The Morgan fingerprint density at radius 3 is 2.64 bits per heavy atom. The monoisotopic (exact) mass is 144 g/mol. The average Bonchev–Trinajstić information content (AvgIpc) is 2.58. The van der Waals surface area contributed by atoms with Gasteiger partial charge in [-0.3, -0.25) is 0 Å². The van der Waals surface area contributed by atoms with E-state index in [9.17, 15) is 0 Å². The van der Waals surface area contributed by atoms with Crippen molar-refractivity contribution in [2.24, 2.45) is 0 Å². The lowest BCUT2D eigenvalue weighted by Crippen LogP contribution is -1.93. The molecule has 0 amide bonds. The zero-order valence-corrected chi connectivity index (χ0v) is 6.01. The Morgan fingerprint density at radius 2 is 2.00 bits per heavy atom. The van der Waals surface area contributed by atoms with Crippen LogP contribution in [0.25, 0.3) is 0 Å². The Labute approximate surface area is 65.3 Å². The van der Waals surface area contributed by atoms with Crippen LogP contribution in [0.3, 0.4) is 0 Å². The van der Waals surface area contributed by atoms with Crippen molar-refractivity contribution >= 4 is 0 Å². The van der Waals surface area contributed by atoms with Crippen LogP contribution < -0.4 is 0 Å². The Kier molecular flexibility index (Phi) is 1.52. The molecule has 1 aliphatic rings. The van der Waals surface area contributed by atoms with Crippen LogP contribution in [0.4, 0.5) is 0 Å². The number of hydrogen-bond acceptors (Lipinski definition) is 2. The third-order valence-corrected chi connectivity index (χ3v) is 1.68. The van der Waals surface area contributed by atoms with Gasteiger partial charge in [0, 0.05) is 12.1 Å². The number of aromatic nitrogens is 2. The van der Waals surface area contributed by atoms with Gasteiger partial charge >= 0.3 is 0 Å². The summed E-state index contributed by atoms with van der Waals surface area (Å²) in [5, 5.41) is 7.82. The molecule has 11 heavy (non-hydrogen) atoms. The Morgan fingerprint density at radius 1 is 1.18 bits per heavy atom. The lowest BCUT2D eigenvalue weighted by molar-refractivity contribution is 0.902. The molecule has 2 nitrogen and oxygen atoms in total. The number of allylic oxidation sites excluding steroid dienone is 4. The van der Waals surface area contributed by atoms with Gasteiger partial charge in [-0.15, -0.1) is 0 Å². The summed E-state index contributed by atoms with van der Waals surface area (Å²) in [6.07, 6.45) is 9.94. The van der Waals surface area contributed by atoms with Crippen LogP contribution in [-0.2, 0) is 0 Å². The molecule has 0 N–H and O–H groups in total. The summed E-state index contributed by atoms with van der Waals surface area (Å²) in [6, 6.07) is 3.89. The summed E-state index contributed by atoms with van der Waals surface area (Å²) in [6.45, 7) is 0. The highest BCUT2D eigenvalue weighted by Gasteiger charge is 2.06. The van der Waals surface area contributed by atoms with E-state index >= 15 is 0 Å². The van der Waals surface area contributed by atoms with Crippen LogP contribution in [0.15, 0.2) is 42.6 Å². The highest BCUT2D eigenvalue weighted by molar-refractivity contribution is 5.29. The summed E-state index contributed by atoms with van der Waals surface area (Å²) in [5.74, 6) is 0.337. The van der Waals surface area contributed by atoms with Crippen molar-refractivity contribution in [1.82, 2.24) is 10.2 Å². The van der Waals surface area contributed by atoms with E-state index in [4.69, 9.17) is 0 Å². The molecule has 0 atom stereocenters. The largest absolute Gasteiger partial charge is 0.159 e. The molecule has 1 aromatic rings. The molecule has 1 heterocycles. The Balaban J connectivity index is 2.30. The molecule has 0 radical (unpaired) electrons. The molecular weight excluding hydrogens is 136 g/mol. The molecule has 1 aromatic heterocycles. The first-order valence-electron chi connectivity index (χ1n) is 3.59. The molecule has 0 aromatic carbocycles. The van der Waals surface area contributed by atoms with E-state index in [1.54, 1.807) is 6.20 Å². The zero-order valence-electron chi connectivity index (χ0n) is 6.01. The van der Waals surface area contributed by atoms with E-state index in [-0.39, 0.29) is 0 Å². The molecule has 0 aliphatic heterocycles. The first kappa shape index (κ1) is 6.28. The van der Waals surface area contributed by atoms with Crippen LogP contribution in [0.5, 0.6) is 0 Å². The molecule has 0 bridgehead atoms. The van der Waals surface area contributed by atoms with Gasteiger partial charge in [-0.2, -0.15) is 10.2 Å². The predicted octanol–water partition coefficient (Wildman–Crippen LogP) is 1.69. The summed E-state index contributed by atoms with van der Waals surface area (Å²) in [7, 11) is 0. The lowest BCUT2D eigenvalue weighted by atomic mass is 10.1. The second kappa shape index (κ2) is 2.66. The highest BCUT2D eigenvalue weighted by atomic mass is 15.1. The fraction of sp³-hybridized carbons (Fsp3) is 0.111. The number of hydrogen-bond donors (Lipinski definition) is 0.